The lowest BCUT2D eigenvalue weighted by atomic mass is 10.2. The van der Waals surface area contributed by atoms with Gasteiger partial charge in [0.2, 0.25) is 5.91 Å². The molecule has 0 aliphatic heterocycles. The summed E-state index contributed by atoms with van der Waals surface area (Å²) < 4.78 is 5.45. The Hall–Kier alpha value is -3.97. The van der Waals surface area contributed by atoms with Crippen LogP contribution in [0.1, 0.15) is 39.6 Å². The Morgan fingerprint density at radius 2 is 1.69 bits per heavy atom. The molecule has 0 saturated heterocycles. The van der Waals surface area contributed by atoms with Gasteiger partial charge in [0.15, 0.2) is 0 Å². The Morgan fingerprint density at radius 3 is 2.38 bits per heavy atom. The van der Waals surface area contributed by atoms with Crippen LogP contribution >= 0.6 is 11.6 Å². The molecule has 0 heterocycles. The van der Waals surface area contributed by atoms with Crippen LogP contribution < -0.4 is 15.5 Å². The number of esters is 1. The molecule has 3 aromatic carbocycles. The van der Waals surface area contributed by atoms with Gasteiger partial charge in [0.1, 0.15) is 5.75 Å². The maximum Gasteiger partial charge on any atom is 0.343 e. The van der Waals surface area contributed by atoms with E-state index in [1.165, 1.54) is 6.21 Å². The van der Waals surface area contributed by atoms with E-state index in [0.717, 1.165) is 0 Å². The minimum Gasteiger partial charge on any atom is -0.422 e. The van der Waals surface area contributed by atoms with Gasteiger partial charge in [-0.3, -0.25) is 9.59 Å². The smallest absolute Gasteiger partial charge is 0.343 e. The summed E-state index contributed by atoms with van der Waals surface area (Å²) in [6.07, 6.45) is 1.70. The number of hydrazone groups is 1. The Kier molecular flexibility index (Phi) is 7.72. The Bertz CT molecular complexity index is 1150. The van der Waals surface area contributed by atoms with Crippen LogP contribution in [0.3, 0.4) is 0 Å². The van der Waals surface area contributed by atoms with Crippen LogP contribution in [0.25, 0.3) is 0 Å². The van der Waals surface area contributed by atoms with Crippen molar-refractivity contribution in [3.63, 3.8) is 0 Å². The van der Waals surface area contributed by atoms with Crippen molar-refractivity contribution in [2.75, 3.05) is 5.32 Å². The molecule has 0 saturated carbocycles. The zero-order valence-electron chi connectivity index (χ0n) is 17.2. The van der Waals surface area contributed by atoms with E-state index in [1.807, 2.05) is 0 Å². The Balaban J connectivity index is 1.67. The molecule has 0 aliphatic rings. The summed E-state index contributed by atoms with van der Waals surface area (Å²) in [4.78, 5) is 36.1. The number of halogens is 1. The van der Waals surface area contributed by atoms with Crippen LogP contribution in [0.5, 0.6) is 5.75 Å². The average Bonchev–Trinajstić information content (AvgIpc) is 2.81. The first kappa shape index (κ1) is 22.7. The highest BCUT2D eigenvalue weighted by molar-refractivity contribution is 6.31. The maximum absolute atomic E-state index is 12.3. The molecule has 0 unspecified atom stereocenters. The van der Waals surface area contributed by atoms with Crippen molar-refractivity contribution in [1.82, 2.24) is 5.43 Å². The molecular formula is C24H20ClN3O4. The van der Waals surface area contributed by atoms with Crippen molar-refractivity contribution in [1.29, 1.82) is 0 Å². The van der Waals surface area contributed by atoms with Gasteiger partial charge in [0.25, 0.3) is 5.91 Å². The second kappa shape index (κ2) is 10.9. The van der Waals surface area contributed by atoms with Crippen molar-refractivity contribution >= 4 is 41.3 Å². The van der Waals surface area contributed by atoms with Gasteiger partial charge in [-0.25, -0.2) is 10.2 Å². The molecule has 2 N–H and O–H groups in total. The van der Waals surface area contributed by atoms with Crippen molar-refractivity contribution in [2.45, 2.75) is 13.3 Å². The third kappa shape index (κ3) is 6.26. The minimum absolute atomic E-state index is 0.114. The molecule has 32 heavy (non-hydrogen) atoms. The van der Waals surface area contributed by atoms with Gasteiger partial charge >= 0.3 is 5.97 Å². The SMILES string of the molecule is CCC(=O)Nc1ccc(C(=O)N/N=C/c2cc(Cl)ccc2OC(=O)c2ccccc2)cc1. The standard InChI is InChI=1S/C24H20ClN3O4/c1-2-22(29)27-20-11-8-16(9-12-20)23(30)28-26-15-18-14-19(25)10-13-21(18)32-24(31)17-6-4-3-5-7-17/h3-15H,2H2,1H3,(H,27,29)(H,28,30)/b26-15+. The van der Waals surface area contributed by atoms with Gasteiger partial charge in [-0.05, 0) is 54.6 Å². The van der Waals surface area contributed by atoms with E-state index in [1.54, 1.807) is 79.7 Å². The second-order valence-electron chi connectivity index (χ2n) is 6.62. The van der Waals surface area contributed by atoms with Crippen molar-refractivity contribution in [3.8, 4) is 5.75 Å². The fourth-order valence-electron chi connectivity index (χ4n) is 2.63. The number of rotatable bonds is 7. The summed E-state index contributed by atoms with van der Waals surface area (Å²) in [7, 11) is 0. The molecule has 7 nitrogen and oxygen atoms in total. The van der Waals surface area contributed by atoms with Crippen LogP contribution in [0, 0.1) is 0 Å². The van der Waals surface area contributed by atoms with Gasteiger partial charge in [0, 0.05) is 28.3 Å². The van der Waals surface area contributed by atoms with E-state index in [0.29, 0.717) is 33.8 Å². The molecule has 0 atom stereocenters. The molecule has 3 rings (SSSR count). The van der Waals surface area contributed by atoms with Crippen LogP contribution in [0.4, 0.5) is 5.69 Å². The van der Waals surface area contributed by atoms with Gasteiger partial charge in [-0.15, -0.1) is 0 Å². The second-order valence-corrected chi connectivity index (χ2v) is 7.05. The summed E-state index contributed by atoms with van der Waals surface area (Å²) in [5.41, 5.74) is 4.18. The predicted octanol–water partition coefficient (Wildman–Crippen LogP) is 4.67. The number of hydrogen-bond donors (Lipinski definition) is 2. The van der Waals surface area contributed by atoms with Gasteiger partial charge < -0.3 is 10.1 Å². The first-order valence-corrected chi connectivity index (χ1v) is 10.1. The minimum atomic E-state index is -0.526. The summed E-state index contributed by atoms with van der Waals surface area (Å²) in [5.74, 6) is -0.837. The monoisotopic (exact) mass is 449 g/mol. The van der Waals surface area contributed by atoms with Crippen molar-refractivity contribution in [2.24, 2.45) is 5.10 Å². The highest BCUT2D eigenvalue weighted by Gasteiger charge is 2.11. The van der Waals surface area contributed by atoms with Crippen LogP contribution in [0.2, 0.25) is 5.02 Å². The molecule has 8 heteroatoms. The molecular weight excluding hydrogens is 430 g/mol. The largest absolute Gasteiger partial charge is 0.422 e. The number of nitrogens with zero attached hydrogens (tertiary/aromatic N) is 1. The molecule has 0 spiro atoms. The molecule has 3 aromatic rings. The van der Waals surface area contributed by atoms with E-state index in [9.17, 15) is 14.4 Å². The lowest BCUT2D eigenvalue weighted by Crippen LogP contribution is -2.18. The van der Waals surface area contributed by atoms with E-state index >= 15 is 0 Å². The van der Waals surface area contributed by atoms with E-state index in [-0.39, 0.29) is 11.7 Å². The highest BCUT2D eigenvalue weighted by Crippen LogP contribution is 2.22. The number of nitrogens with one attached hydrogen (secondary N) is 2. The number of benzene rings is 3. The molecule has 2 amide bonds. The van der Waals surface area contributed by atoms with Crippen molar-refractivity contribution < 1.29 is 19.1 Å². The molecule has 0 aromatic heterocycles. The number of carbonyl (C=O) groups excluding carboxylic acids is 3. The molecule has 0 fully saturated rings. The van der Waals surface area contributed by atoms with Gasteiger partial charge in [0.05, 0.1) is 11.8 Å². The third-order valence-corrected chi connectivity index (χ3v) is 4.54. The number of carbonyl (C=O) groups is 3. The summed E-state index contributed by atoms with van der Waals surface area (Å²) in [6, 6.07) is 19.7. The number of amides is 2. The van der Waals surface area contributed by atoms with Gasteiger partial charge in [-0.2, -0.15) is 5.10 Å². The fraction of sp³-hybridized carbons (Fsp3) is 0.0833. The zero-order chi connectivity index (χ0) is 22.9. The fourth-order valence-corrected chi connectivity index (χ4v) is 2.81. The summed E-state index contributed by atoms with van der Waals surface area (Å²) >= 11 is 6.05. The van der Waals surface area contributed by atoms with E-state index in [4.69, 9.17) is 16.3 Å². The zero-order valence-corrected chi connectivity index (χ0v) is 17.9. The van der Waals surface area contributed by atoms with Gasteiger partial charge in [-0.1, -0.05) is 36.7 Å². The topological polar surface area (TPSA) is 96.9 Å². The maximum atomic E-state index is 12.3. The first-order valence-electron chi connectivity index (χ1n) is 9.76. The lowest BCUT2D eigenvalue weighted by Gasteiger charge is -2.08. The van der Waals surface area contributed by atoms with E-state index in [2.05, 4.69) is 15.8 Å². The third-order valence-electron chi connectivity index (χ3n) is 4.31. The highest BCUT2D eigenvalue weighted by atomic mass is 35.5. The average molecular weight is 450 g/mol. The predicted molar refractivity (Wildman–Crippen MR) is 123 cm³/mol. The summed E-state index contributed by atoms with van der Waals surface area (Å²) in [5, 5.41) is 7.07. The molecule has 0 aliphatic carbocycles. The summed E-state index contributed by atoms with van der Waals surface area (Å²) in [6.45, 7) is 1.75. The number of ether oxygens (including phenoxy) is 1. The number of hydrogen-bond acceptors (Lipinski definition) is 5. The van der Waals surface area contributed by atoms with Crippen molar-refractivity contribution in [3.05, 3.63) is 94.5 Å². The molecule has 162 valence electrons. The Morgan fingerprint density at radius 1 is 0.969 bits per heavy atom. The molecule has 0 radical (unpaired) electrons. The number of anilines is 1. The Labute approximate surface area is 190 Å². The first-order chi connectivity index (χ1) is 15.5. The normalized spacial score (nSPS) is 10.6. The lowest BCUT2D eigenvalue weighted by molar-refractivity contribution is -0.115. The van der Waals surface area contributed by atoms with Crippen LogP contribution in [-0.2, 0) is 4.79 Å². The quantitative estimate of drug-likeness (QED) is 0.237. The van der Waals surface area contributed by atoms with Crippen LogP contribution in [0.15, 0.2) is 77.9 Å². The van der Waals surface area contributed by atoms with Crippen LogP contribution in [-0.4, -0.2) is 24.0 Å². The molecule has 0 bridgehead atoms. The van der Waals surface area contributed by atoms with E-state index < -0.39 is 11.9 Å².